The van der Waals surface area contributed by atoms with E-state index >= 15 is 0 Å². The van der Waals surface area contributed by atoms with E-state index in [0.717, 1.165) is 16.5 Å². The maximum absolute atomic E-state index is 12.4. The zero-order chi connectivity index (χ0) is 14.5. The lowest BCUT2D eigenvalue weighted by Gasteiger charge is -2.12. The van der Waals surface area contributed by atoms with Crippen LogP contribution in [0.25, 0.3) is 0 Å². The molecule has 3 nitrogen and oxygen atoms in total. The molecule has 0 fully saturated rings. The van der Waals surface area contributed by atoms with Crippen LogP contribution in [0.4, 0.5) is 5.69 Å². The van der Waals surface area contributed by atoms with Gasteiger partial charge in [0.25, 0.3) is 5.91 Å². The summed E-state index contributed by atoms with van der Waals surface area (Å²) in [6, 6.07) is 13.1. The lowest BCUT2D eigenvalue weighted by Crippen LogP contribution is -2.14. The molecule has 0 aliphatic rings. The molecule has 0 radical (unpaired) electrons. The SMILES string of the molecule is CCc1ccccc1C(=O)Nc1cc(Br)ccc1OC. The first-order valence-corrected chi connectivity index (χ1v) is 7.17. The second-order valence-corrected chi connectivity index (χ2v) is 5.23. The molecule has 0 aliphatic carbocycles. The molecule has 0 atom stereocenters. The molecule has 20 heavy (non-hydrogen) atoms. The molecular formula is C16H16BrNO2. The maximum atomic E-state index is 12.4. The van der Waals surface area contributed by atoms with Crippen molar-refractivity contribution in [3.63, 3.8) is 0 Å². The van der Waals surface area contributed by atoms with Gasteiger partial charge in [-0.2, -0.15) is 0 Å². The predicted octanol–water partition coefficient (Wildman–Crippen LogP) is 4.27. The summed E-state index contributed by atoms with van der Waals surface area (Å²) in [5, 5.41) is 2.90. The highest BCUT2D eigenvalue weighted by Gasteiger charge is 2.12. The molecular weight excluding hydrogens is 318 g/mol. The van der Waals surface area contributed by atoms with Gasteiger partial charge in [0.05, 0.1) is 12.8 Å². The van der Waals surface area contributed by atoms with E-state index in [1.165, 1.54) is 0 Å². The van der Waals surface area contributed by atoms with E-state index in [0.29, 0.717) is 17.0 Å². The summed E-state index contributed by atoms with van der Waals surface area (Å²) in [6.45, 7) is 2.03. The molecule has 0 heterocycles. The average molecular weight is 334 g/mol. The summed E-state index contributed by atoms with van der Waals surface area (Å²) in [7, 11) is 1.58. The van der Waals surface area contributed by atoms with E-state index in [1.807, 2.05) is 49.4 Å². The molecule has 2 aromatic carbocycles. The number of methoxy groups -OCH3 is 1. The molecule has 2 aromatic rings. The van der Waals surface area contributed by atoms with Crippen LogP contribution < -0.4 is 10.1 Å². The molecule has 0 spiro atoms. The number of hydrogen-bond acceptors (Lipinski definition) is 2. The normalized spacial score (nSPS) is 10.2. The molecule has 1 N–H and O–H groups in total. The Morgan fingerprint density at radius 3 is 2.70 bits per heavy atom. The number of hydrogen-bond donors (Lipinski definition) is 1. The van der Waals surface area contributed by atoms with Gasteiger partial charge in [0.1, 0.15) is 5.75 Å². The maximum Gasteiger partial charge on any atom is 0.256 e. The van der Waals surface area contributed by atoms with Crippen molar-refractivity contribution in [2.45, 2.75) is 13.3 Å². The molecule has 1 amide bonds. The Morgan fingerprint density at radius 2 is 2.00 bits per heavy atom. The van der Waals surface area contributed by atoms with Gasteiger partial charge in [-0.25, -0.2) is 0 Å². The van der Waals surface area contributed by atoms with E-state index < -0.39 is 0 Å². The summed E-state index contributed by atoms with van der Waals surface area (Å²) in [5.74, 6) is 0.509. The van der Waals surface area contributed by atoms with Crippen molar-refractivity contribution in [1.82, 2.24) is 0 Å². The largest absolute Gasteiger partial charge is 0.495 e. The van der Waals surface area contributed by atoms with Crippen molar-refractivity contribution >= 4 is 27.5 Å². The van der Waals surface area contributed by atoms with Gasteiger partial charge in [0.15, 0.2) is 0 Å². The molecule has 0 bridgehead atoms. The second-order valence-electron chi connectivity index (χ2n) is 4.31. The van der Waals surface area contributed by atoms with Crippen LogP contribution >= 0.6 is 15.9 Å². The summed E-state index contributed by atoms with van der Waals surface area (Å²) in [6.07, 6.45) is 0.819. The van der Waals surface area contributed by atoms with Gasteiger partial charge >= 0.3 is 0 Å². The highest BCUT2D eigenvalue weighted by Crippen LogP contribution is 2.28. The zero-order valence-corrected chi connectivity index (χ0v) is 13.0. The van der Waals surface area contributed by atoms with Crippen molar-refractivity contribution in [1.29, 1.82) is 0 Å². The summed E-state index contributed by atoms with van der Waals surface area (Å²) >= 11 is 3.39. The minimum atomic E-state index is -0.126. The van der Waals surface area contributed by atoms with Gasteiger partial charge in [-0.15, -0.1) is 0 Å². The van der Waals surface area contributed by atoms with Gasteiger partial charge in [-0.1, -0.05) is 41.1 Å². The van der Waals surface area contributed by atoms with Gasteiger partial charge in [-0.3, -0.25) is 4.79 Å². The highest BCUT2D eigenvalue weighted by molar-refractivity contribution is 9.10. The Kier molecular flexibility index (Phi) is 4.79. The standard InChI is InChI=1S/C16H16BrNO2/c1-3-11-6-4-5-7-13(11)16(19)18-14-10-12(17)8-9-15(14)20-2/h4-10H,3H2,1-2H3,(H,18,19). The minimum Gasteiger partial charge on any atom is -0.495 e. The van der Waals surface area contributed by atoms with Crippen LogP contribution in [0.15, 0.2) is 46.9 Å². The third-order valence-electron chi connectivity index (χ3n) is 3.05. The Balaban J connectivity index is 2.30. The smallest absolute Gasteiger partial charge is 0.256 e. The molecule has 0 saturated carbocycles. The lowest BCUT2D eigenvalue weighted by molar-refractivity contribution is 0.102. The van der Waals surface area contributed by atoms with Crippen molar-refractivity contribution in [2.24, 2.45) is 0 Å². The fraction of sp³-hybridized carbons (Fsp3) is 0.188. The van der Waals surface area contributed by atoms with E-state index in [-0.39, 0.29) is 5.91 Å². The number of nitrogens with one attached hydrogen (secondary N) is 1. The Labute approximate surface area is 127 Å². The van der Waals surface area contributed by atoms with Crippen molar-refractivity contribution in [3.05, 3.63) is 58.1 Å². The molecule has 0 aliphatic heterocycles. The van der Waals surface area contributed by atoms with Crippen molar-refractivity contribution in [3.8, 4) is 5.75 Å². The van der Waals surface area contributed by atoms with Gasteiger partial charge in [0.2, 0.25) is 0 Å². The monoisotopic (exact) mass is 333 g/mol. The Hall–Kier alpha value is -1.81. The summed E-state index contributed by atoms with van der Waals surface area (Å²) in [4.78, 5) is 12.4. The number of anilines is 1. The van der Waals surface area contributed by atoms with E-state index in [2.05, 4.69) is 21.2 Å². The first-order chi connectivity index (χ1) is 9.65. The number of aryl methyl sites for hydroxylation is 1. The van der Waals surface area contributed by atoms with Crippen LogP contribution in [0.2, 0.25) is 0 Å². The lowest BCUT2D eigenvalue weighted by atomic mass is 10.0. The molecule has 0 aromatic heterocycles. The topological polar surface area (TPSA) is 38.3 Å². The van der Waals surface area contributed by atoms with Crippen molar-refractivity contribution < 1.29 is 9.53 Å². The number of amides is 1. The van der Waals surface area contributed by atoms with Crippen LogP contribution in [-0.4, -0.2) is 13.0 Å². The molecule has 104 valence electrons. The molecule has 4 heteroatoms. The van der Waals surface area contributed by atoms with E-state index in [9.17, 15) is 4.79 Å². The molecule has 0 saturated heterocycles. The molecule has 0 unspecified atom stereocenters. The molecule has 2 rings (SSSR count). The number of rotatable bonds is 4. The average Bonchev–Trinajstić information content (AvgIpc) is 2.47. The van der Waals surface area contributed by atoms with Crippen LogP contribution in [0.3, 0.4) is 0 Å². The van der Waals surface area contributed by atoms with Crippen molar-refractivity contribution in [2.75, 3.05) is 12.4 Å². The van der Waals surface area contributed by atoms with Crippen LogP contribution in [0.1, 0.15) is 22.8 Å². The Morgan fingerprint density at radius 1 is 1.25 bits per heavy atom. The zero-order valence-electron chi connectivity index (χ0n) is 11.4. The first kappa shape index (κ1) is 14.6. The van der Waals surface area contributed by atoms with Crippen LogP contribution in [0.5, 0.6) is 5.75 Å². The number of ether oxygens (including phenoxy) is 1. The third kappa shape index (κ3) is 3.20. The second kappa shape index (κ2) is 6.57. The van der Waals surface area contributed by atoms with Crippen LogP contribution in [0, 0.1) is 0 Å². The summed E-state index contributed by atoms with van der Waals surface area (Å²) in [5.41, 5.74) is 2.37. The third-order valence-corrected chi connectivity index (χ3v) is 3.55. The van der Waals surface area contributed by atoms with E-state index in [1.54, 1.807) is 7.11 Å². The number of benzene rings is 2. The van der Waals surface area contributed by atoms with Gasteiger partial charge < -0.3 is 10.1 Å². The fourth-order valence-corrected chi connectivity index (χ4v) is 2.38. The predicted molar refractivity (Wildman–Crippen MR) is 84.5 cm³/mol. The van der Waals surface area contributed by atoms with Gasteiger partial charge in [0, 0.05) is 10.0 Å². The quantitative estimate of drug-likeness (QED) is 0.907. The van der Waals surface area contributed by atoms with Gasteiger partial charge in [-0.05, 0) is 36.2 Å². The number of carbonyl (C=O) groups excluding carboxylic acids is 1. The first-order valence-electron chi connectivity index (χ1n) is 6.38. The number of halogens is 1. The number of carbonyl (C=O) groups is 1. The van der Waals surface area contributed by atoms with E-state index in [4.69, 9.17) is 4.74 Å². The van der Waals surface area contributed by atoms with Crippen LogP contribution in [-0.2, 0) is 6.42 Å². The minimum absolute atomic E-state index is 0.126. The highest BCUT2D eigenvalue weighted by atomic mass is 79.9. The fourth-order valence-electron chi connectivity index (χ4n) is 2.02. The Bertz CT molecular complexity index is 626. The summed E-state index contributed by atoms with van der Waals surface area (Å²) < 4.78 is 6.14.